The van der Waals surface area contributed by atoms with Gasteiger partial charge in [0.15, 0.2) is 0 Å². The van der Waals surface area contributed by atoms with E-state index in [1.807, 2.05) is 30.8 Å². The quantitative estimate of drug-likeness (QED) is 0.850. The van der Waals surface area contributed by atoms with E-state index in [1.54, 1.807) is 0 Å². The molecule has 0 aliphatic carbocycles. The van der Waals surface area contributed by atoms with E-state index in [-0.39, 0.29) is 0 Å². The summed E-state index contributed by atoms with van der Waals surface area (Å²) in [4.78, 5) is 0. The van der Waals surface area contributed by atoms with Gasteiger partial charge in [-0.1, -0.05) is 30.7 Å². The van der Waals surface area contributed by atoms with Gasteiger partial charge in [0.05, 0.1) is 5.69 Å². The van der Waals surface area contributed by atoms with E-state index in [1.165, 1.54) is 11.3 Å². The van der Waals surface area contributed by atoms with Crippen LogP contribution in [-0.2, 0) is 19.9 Å². The van der Waals surface area contributed by atoms with Crippen molar-refractivity contribution in [1.29, 1.82) is 0 Å². The molecule has 1 aromatic heterocycles. The lowest BCUT2D eigenvalue weighted by molar-refractivity contribution is 0.464. The molecule has 114 valence electrons. The number of halogens is 1. The van der Waals surface area contributed by atoms with Crippen LogP contribution in [0.25, 0.3) is 0 Å². The Balaban J connectivity index is 2.06. The first-order chi connectivity index (χ1) is 10.1. The molecule has 0 saturated carbocycles. The van der Waals surface area contributed by atoms with Crippen molar-refractivity contribution in [2.24, 2.45) is 13.0 Å². The molecule has 1 heterocycles. The molecule has 3 nitrogen and oxygen atoms in total. The highest BCUT2D eigenvalue weighted by Crippen LogP contribution is 2.17. The first-order valence-electron chi connectivity index (χ1n) is 7.53. The van der Waals surface area contributed by atoms with Crippen molar-refractivity contribution >= 4 is 11.6 Å². The molecule has 0 saturated heterocycles. The van der Waals surface area contributed by atoms with Crippen LogP contribution in [0.2, 0.25) is 5.02 Å². The summed E-state index contributed by atoms with van der Waals surface area (Å²) < 4.78 is 2.00. The minimum atomic E-state index is 0.556. The summed E-state index contributed by atoms with van der Waals surface area (Å²) in [5, 5.41) is 8.71. The first kappa shape index (κ1) is 16.1. The molecule has 4 heteroatoms. The lowest BCUT2D eigenvalue weighted by Gasteiger charge is -2.17. The van der Waals surface area contributed by atoms with Gasteiger partial charge in [-0.2, -0.15) is 5.10 Å². The molecule has 1 aromatic carbocycles. The number of nitrogens with one attached hydrogen (secondary N) is 1. The molecule has 1 unspecified atom stereocenters. The largest absolute Gasteiger partial charge is 0.317 e. The smallest absolute Gasteiger partial charge is 0.0596 e. The predicted octanol–water partition coefficient (Wildman–Crippen LogP) is 3.39. The first-order valence-corrected chi connectivity index (χ1v) is 7.91. The van der Waals surface area contributed by atoms with Crippen molar-refractivity contribution in [1.82, 2.24) is 15.1 Å². The highest BCUT2D eigenvalue weighted by atomic mass is 35.5. The third-order valence-electron chi connectivity index (χ3n) is 3.72. The minimum Gasteiger partial charge on any atom is -0.317 e. The molecule has 21 heavy (non-hydrogen) atoms. The van der Waals surface area contributed by atoms with Crippen molar-refractivity contribution in [2.45, 2.75) is 26.7 Å². The SMILES string of the molecule is CCNCC(Cc1ccc(Cl)cc1)Cc1cc(C)nn1C. The number of hydrogen-bond acceptors (Lipinski definition) is 2. The summed E-state index contributed by atoms with van der Waals surface area (Å²) in [6.07, 6.45) is 2.08. The van der Waals surface area contributed by atoms with E-state index in [0.29, 0.717) is 5.92 Å². The van der Waals surface area contributed by atoms with Gasteiger partial charge in [-0.05, 0) is 62.5 Å². The van der Waals surface area contributed by atoms with Crippen LogP contribution in [0, 0.1) is 12.8 Å². The normalized spacial score (nSPS) is 12.6. The van der Waals surface area contributed by atoms with Gasteiger partial charge in [-0.15, -0.1) is 0 Å². The fourth-order valence-corrected chi connectivity index (χ4v) is 2.80. The molecule has 0 aliphatic heterocycles. The van der Waals surface area contributed by atoms with E-state index in [0.717, 1.165) is 36.6 Å². The average Bonchev–Trinajstić information content (AvgIpc) is 2.76. The van der Waals surface area contributed by atoms with E-state index < -0.39 is 0 Å². The Kier molecular flexibility index (Phi) is 5.83. The van der Waals surface area contributed by atoms with Crippen LogP contribution in [0.1, 0.15) is 23.9 Å². The van der Waals surface area contributed by atoms with Crippen LogP contribution in [0.3, 0.4) is 0 Å². The molecule has 0 radical (unpaired) electrons. The maximum Gasteiger partial charge on any atom is 0.0596 e. The van der Waals surface area contributed by atoms with Crippen molar-refractivity contribution < 1.29 is 0 Å². The van der Waals surface area contributed by atoms with E-state index in [9.17, 15) is 0 Å². The van der Waals surface area contributed by atoms with Gasteiger partial charge < -0.3 is 5.32 Å². The van der Waals surface area contributed by atoms with Crippen molar-refractivity contribution in [2.75, 3.05) is 13.1 Å². The van der Waals surface area contributed by atoms with Crippen LogP contribution in [0.15, 0.2) is 30.3 Å². The average molecular weight is 306 g/mol. The number of aryl methyl sites for hydroxylation is 2. The Morgan fingerprint density at radius 1 is 1.24 bits per heavy atom. The fourth-order valence-electron chi connectivity index (χ4n) is 2.67. The summed E-state index contributed by atoms with van der Waals surface area (Å²) in [7, 11) is 2.02. The second-order valence-corrected chi connectivity index (χ2v) is 6.05. The number of rotatable bonds is 7. The third-order valence-corrected chi connectivity index (χ3v) is 3.97. The molecule has 0 fully saturated rings. The zero-order valence-corrected chi connectivity index (χ0v) is 13.8. The Hall–Kier alpha value is -1.32. The minimum absolute atomic E-state index is 0.556. The molecule has 0 bridgehead atoms. The standard InChI is InChI=1S/C17H24ClN3/c1-4-19-12-15(10-14-5-7-16(18)8-6-14)11-17-9-13(2)20-21(17)3/h5-9,15,19H,4,10-12H2,1-3H3. The second kappa shape index (κ2) is 7.62. The Morgan fingerprint density at radius 2 is 1.95 bits per heavy atom. The van der Waals surface area contributed by atoms with Crippen LogP contribution < -0.4 is 5.32 Å². The Morgan fingerprint density at radius 3 is 2.52 bits per heavy atom. The van der Waals surface area contributed by atoms with Gasteiger partial charge in [-0.3, -0.25) is 4.68 Å². The summed E-state index contributed by atoms with van der Waals surface area (Å²) in [6, 6.07) is 10.4. The van der Waals surface area contributed by atoms with Gasteiger partial charge in [0.25, 0.3) is 0 Å². The number of aromatic nitrogens is 2. The fraction of sp³-hybridized carbons (Fsp3) is 0.471. The molecule has 0 amide bonds. The van der Waals surface area contributed by atoms with Crippen molar-refractivity contribution in [3.63, 3.8) is 0 Å². The molecule has 1 atom stereocenters. The number of hydrogen-bond donors (Lipinski definition) is 1. The Labute approximate surface area is 132 Å². The number of benzene rings is 1. The van der Waals surface area contributed by atoms with Gasteiger partial charge >= 0.3 is 0 Å². The Bertz CT molecular complexity index is 560. The van der Waals surface area contributed by atoms with Gasteiger partial charge in [-0.25, -0.2) is 0 Å². The van der Waals surface area contributed by atoms with Crippen molar-refractivity contribution in [3.8, 4) is 0 Å². The molecular weight excluding hydrogens is 282 g/mol. The highest BCUT2D eigenvalue weighted by Gasteiger charge is 2.13. The summed E-state index contributed by atoms with van der Waals surface area (Å²) in [6.45, 7) is 6.21. The second-order valence-electron chi connectivity index (χ2n) is 5.61. The lowest BCUT2D eigenvalue weighted by atomic mass is 9.94. The molecule has 0 spiro atoms. The van der Waals surface area contributed by atoms with Crippen molar-refractivity contribution in [3.05, 3.63) is 52.3 Å². The molecular formula is C17H24ClN3. The monoisotopic (exact) mass is 305 g/mol. The predicted molar refractivity (Wildman–Crippen MR) is 88.8 cm³/mol. The van der Waals surface area contributed by atoms with Gasteiger partial charge in [0.1, 0.15) is 0 Å². The molecule has 2 rings (SSSR count). The van der Waals surface area contributed by atoms with Crippen LogP contribution in [0.5, 0.6) is 0 Å². The highest BCUT2D eigenvalue weighted by molar-refractivity contribution is 6.30. The summed E-state index contributed by atoms with van der Waals surface area (Å²) in [5.74, 6) is 0.556. The van der Waals surface area contributed by atoms with E-state index in [2.05, 4.69) is 35.5 Å². The zero-order chi connectivity index (χ0) is 15.2. The van der Waals surface area contributed by atoms with Crippen LogP contribution in [-0.4, -0.2) is 22.9 Å². The molecule has 1 N–H and O–H groups in total. The third kappa shape index (κ3) is 4.87. The zero-order valence-electron chi connectivity index (χ0n) is 13.1. The lowest BCUT2D eigenvalue weighted by Crippen LogP contribution is -2.26. The molecule has 0 aliphatic rings. The van der Waals surface area contributed by atoms with E-state index in [4.69, 9.17) is 11.6 Å². The summed E-state index contributed by atoms with van der Waals surface area (Å²) in [5.41, 5.74) is 3.71. The number of nitrogens with zero attached hydrogens (tertiary/aromatic N) is 2. The molecule has 2 aromatic rings. The summed E-state index contributed by atoms with van der Waals surface area (Å²) >= 11 is 5.96. The van der Waals surface area contributed by atoms with E-state index >= 15 is 0 Å². The van der Waals surface area contributed by atoms with Gasteiger partial charge in [0.2, 0.25) is 0 Å². The van der Waals surface area contributed by atoms with Crippen LogP contribution >= 0.6 is 11.6 Å². The van der Waals surface area contributed by atoms with Crippen LogP contribution in [0.4, 0.5) is 0 Å². The topological polar surface area (TPSA) is 29.9 Å². The maximum atomic E-state index is 5.96. The van der Waals surface area contributed by atoms with Gasteiger partial charge in [0, 0.05) is 17.8 Å². The maximum absolute atomic E-state index is 5.96.